The lowest BCUT2D eigenvalue weighted by Gasteiger charge is -2.17. The normalized spacial score (nSPS) is 10.9. The quantitative estimate of drug-likeness (QED) is 0.400. The number of anilines is 2. The highest BCUT2D eigenvalue weighted by Gasteiger charge is 2.14. The second kappa shape index (κ2) is 12.2. The molecule has 2 heterocycles. The van der Waals surface area contributed by atoms with Crippen LogP contribution in [-0.4, -0.2) is 64.3 Å². The van der Waals surface area contributed by atoms with E-state index in [-0.39, 0.29) is 12.5 Å². The molecule has 34 heavy (non-hydrogen) atoms. The van der Waals surface area contributed by atoms with Crippen LogP contribution in [0.1, 0.15) is 29.8 Å². The molecule has 2 N–H and O–H groups in total. The molecule has 0 saturated heterocycles. The summed E-state index contributed by atoms with van der Waals surface area (Å²) >= 11 is 6.38. The van der Waals surface area contributed by atoms with E-state index in [1.54, 1.807) is 37.8 Å². The molecule has 1 aromatic carbocycles. The van der Waals surface area contributed by atoms with E-state index >= 15 is 0 Å². The van der Waals surface area contributed by atoms with Gasteiger partial charge in [0.05, 0.1) is 43.0 Å². The Morgan fingerprint density at radius 1 is 1.18 bits per heavy atom. The Kier molecular flexibility index (Phi) is 9.06. The van der Waals surface area contributed by atoms with Gasteiger partial charge < -0.3 is 25.0 Å². The highest BCUT2D eigenvalue weighted by molar-refractivity contribution is 6.33. The van der Waals surface area contributed by atoms with Crippen molar-refractivity contribution in [2.75, 3.05) is 39.1 Å². The van der Waals surface area contributed by atoms with Crippen LogP contribution in [0.15, 0.2) is 36.9 Å². The number of ether oxygens (including phenoxy) is 2. The molecule has 0 atom stereocenters. The van der Waals surface area contributed by atoms with Crippen molar-refractivity contribution in [3.63, 3.8) is 0 Å². The summed E-state index contributed by atoms with van der Waals surface area (Å²) in [6.45, 7) is 8.21. The number of rotatable bonds is 12. The maximum absolute atomic E-state index is 12.0. The highest BCUT2D eigenvalue weighted by Crippen LogP contribution is 2.31. The third-order valence-corrected chi connectivity index (χ3v) is 5.70. The number of halogens is 1. The van der Waals surface area contributed by atoms with E-state index in [2.05, 4.69) is 44.4 Å². The minimum absolute atomic E-state index is 0.121. The van der Waals surface area contributed by atoms with Crippen LogP contribution in [-0.2, 0) is 13.2 Å². The molecule has 182 valence electrons. The van der Waals surface area contributed by atoms with E-state index in [1.807, 2.05) is 10.9 Å². The predicted molar refractivity (Wildman–Crippen MR) is 131 cm³/mol. The molecule has 0 aliphatic heterocycles. The molecule has 2 aromatic heterocycles. The minimum atomic E-state index is -0.244. The van der Waals surface area contributed by atoms with Crippen molar-refractivity contribution < 1.29 is 14.3 Å². The van der Waals surface area contributed by atoms with Gasteiger partial charge in [0, 0.05) is 30.9 Å². The van der Waals surface area contributed by atoms with Crippen LogP contribution in [0.25, 0.3) is 0 Å². The van der Waals surface area contributed by atoms with Gasteiger partial charge in [-0.25, -0.2) is 9.97 Å². The zero-order valence-electron chi connectivity index (χ0n) is 19.8. The fourth-order valence-electron chi connectivity index (χ4n) is 3.26. The zero-order valence-corrected chi connectivity index (χ0v) is 20.6. The molecule has 3 aromatic rings. The molecule has 0 fully saturated rings. The van der Waals surface area contributed by atoms with Crippen molar-refractivity contribution >= 4 is 29.1 Å². The zero-order chi connectivity index (χ0) is 24.5. The van der Waals surface area contributed by atoms with E-state index in [9.17, 15) is 4.79 Å². The first-order valence-electron chi connectivity index (χ1n) is 11.0. The van der Waals surface area contributed by atoms with Gasteiger partial charge >= 0.3 is 0 Å². The number of benzene rings is 1. The topological polar surface area (TPSA) is 106 Å². The third kappa shape index (κ3) is 6.58. The van der Waals surface area contributed by atoms with Crippen LogP contribution < -0.4 is 20.1 Å². The van der Waals surface area contributed by atoms with Crippen LogP contribution in [0.3, 0.4) is 0 Å². The van der Waals surface area contributed by atoms with Crippen molar-refractivity contribution in [2.45, 2.75) is 27.0 Å². The van der Waals surface area contributed by atoms with Crippen LogP contribution in [0.5, 0.6) is 11.5 Å². The fraction of sp³-hybridized carbons (Fsp3) is 0.391. The van der Waals surface area contributed by atoms with E-state index in [4.69, 9.17) is 21.1 Å². The van der Waals surface area contributed by atoms with Gasteiger partial charge in [0.2, 0.25) is 5.95 Å². The summed E-state index contributed by atoms with van der Waals surface area (Å²) in [4.78, 5) is 23.0. The molecule has 0 aliphatic carbocycles. The first-order valence-corrected chi connectivity index (χ1v) is 11.4. The van der Waals surface area contributed by atoms with Crippen molar-refractivity contribution in [1.29, 1.82) is 0 Å². The maximum Gasteiger partial charge on any atom is 0.251 e. The van der Waals surface area contributed by atoms with E-state index in [0.717, 1.165) is 31.9 Å². The molecule has 1 amide bonds. The Balaban J connectivity index is 1.59. The SMILES string of the molecule is CCN(CC)CCn1cc(Nc2ncc(OCc3cc(C(=O)NC)cc(OC)c3Cl)cn2)cn1. The summed E-state index contributed by atoms with van der Waals surface area (Å²) in [6.07, 6.45) is 6.79. The number of hydrogen-bond donors (Lipinski definition) is 2. The first kappa shape index (κ1) is 25.3. The largest absolute Gasteiger partial charge is 0.495 e. The number of likely N-dealkylation sites (N-methyl/N-ethyl adjacent to an activating group) is 1. The second-order valence-electron chi connectivity index (χ2n) is 7.41. The average Bonchev–Trinajstić information content (AvgIpc) is 3.31. The number of hydrogen-bond acceptors (Lipinski definition) is 8. The Morgan fingerprint density at radius 3 is 2.56 bits per heavy atom. The standard InChI is InChI=1S/C23H30ClN7O3/c1-5-30(6-2)7-8-31-14-18(11-28-31)29-23-26-12-19(13-27-23)34-15-17-9-16(22(32)25-3)10-20(33-4)21(17)24/h9-14H,5-8,15H2,1-4H3,(H,25,32)(H,26,27,29). The summed E-state index contributed by atoms with van der Waals surface area (Å²) < 4.78 is 12.9. The number of nitrogens with zero attached hydrogens (tertiary/aromatic N) is 5. The summed E-state index contributed by atoms with van der Waals surface area (Å²) in [5, 5.41) is 10.5. The lowest BCUT2D eigenvalue weighted by atomic mass is 10.1. The van der Waals surface area contributed by atoms with Gasteiger partial charge in [-0.1, -0.05) is 25.4 Å². The number of carbonyl (C=O) groups excluding carboxylic acids is 1. The number of methoxy groups -OCH3 is 1. The molecular weight excluding hydrogens is 458 g/mol. The van der Waals surface area contributed by atoms with Crippen LogP contribution in [0, 0.1) is 0 Å². The van der Waals surface area contributed by atoms with Crippen molar-refractivity contribution in [3.8, 4) is 11.5 Å². The molecule has 10 nitrogen and oxygen atoms in total. The fourth-order valence-corrected chi connectivity index (χ4v) is 3.50. The van der Waals surface area contributed by atoms with Crippen LogP contribution in [0.2, 0.25) is 5.02 Å². The Bertz CT molecular complexity index is 1080. The Labute approximate surface area is 204 Å². The van der Waals surface area contributed by atoms with E-state index in [0.29, 0.717) is 33.6 Å². The molecule has 0 aliphatic rings. The summed E-state index contributed by atoms with van der Waals surface area (Å²) in [5.41, 5.74) is 1.84. The van der Waals surface area contributed by atoms with Crippen molar-refractivity contribution in [1.82, 2.24) is 30.0 Å². The highest BCUT2D eigenvalue weighted by atomic mass is 35.5. The monoisotopic (exact) mass is 487 g/mol. The number of carbonyl (C=O) groups is 1. The van der Waals surface area contributed by atoms with E-state index in [1.165, 1.54) is 7.11 Å². The van der Waals surface area contributed by atoms with Gasteiger partial charge in [-0.05, 0) is 25.2 Å². The van der Waals surface area contributed by atoms with Crippen LogP contribution in [0.4, 0.5) is 11.6 Å². The van der Waals surface area contributed by atoms with Gasteiger partial charge in [-0.15, -0.1) is 0 Å². The lowest BCUT2D eigenvalue weighted by molar-refractivity contribution is 0.0962. The van der Waals surface area contributed by atoms with Crippen LogP contribution >= 0.6 is 11.6 Å². The predicted octanol–water partition coefficient (Wildman–Crippen LogP) is 3.36. The molecule has 0 unspecified atom stereocenters. The Hall–Kier alpha value is -3.37. The van der Waals surface area contributed by atoms with Crippen molar-refractivity contribution in [3.05, 3.63) is 53.1 Å². The number of amides is 1. The third-order valence-electron chi connectivity index (χ3n) is 5.28. The second-order valence-corrected chi connectivity index (χ2v) is 7.78. The van der Waals surface area contributed by atoms with Gasteiger partial charge in [-0.3, -0.25) is 9.48 Å². The molecule has 11 heteroatoms. The molecule has 3 rings (SSSR count). The van der Waals surface area contributed by atoms with Gasteiger partial charge in [0.15, 0.2) is 5.75 Å². The van der Waals surface area contributed by atoms with Gasteiger partial charge in [0.25, 0.3) is 5.91 Å². The smallest absolute Gasteiger partial charge is 0.251 e. The first-order chi connectivity index (χ1) is 16.5. The van der Waals surface area contributed by atoms with Gasteiger partial charge in [-0.2, -0.15) is 5.10 Å². The minimum Gasteiger partial charge on any atom is -0.495 e. The molecule has 0 radical (unpaired) electrons. The molecule has 0 spiro atoms. The summed E-state index contributed by atoms with van der Waals surface area (Å²) in [7, 11) is 3.05. The molecular formula is C23H30ClN7O3. The molecule has 0 saturated carbocycles. The van der Waals surface area contributed by atoms with E-state index < -0.39 is 0 Å². The number of nitrogens with one attached hydrogen (secondary N) is 2. The lowest BCUT2D eigenvalue weighted by Crippen LogP contribution is -2.27. The summed E-state index contributed by atoms with van der Waals surface area (Å²) in [5.74, 6) is 1.04. The molecule has 0 bridgehead atoms. The average molecular weight is 488 g/mol. The Morgan fingerprint density at radius 2 is 1.91 bits per heavy atom. The van der Waals surface area contributed by atoms with Gasteiger partial charge in [0.1, 0.15) is 12.4 Å². The number of aromatic nitrogens is 4. The summed E-state index contributed by atoms with van der Waals surface area (Å²) in [6, 6.07) is 3.25. The maximum atomic E-state index is 12.0. The van der Waals surface area contributed by atoms with Crippen molar-refractivity contribution in [2.24, 2.45) is 0 Å².